The molecule has 0 rings (SSSR count). The maximum atomic E-state index is 11.7. The van der Waals surface area contributed by atoms with Crippen molar-refractivity contribution in [1.82, 2.24) is 16.0 Å². The third-order valence-electron chi connectivity index (χ3n) is 2.63. The van der Waals surface area contributed by atoms with Crippen LogP contribution in [-0.2, 0) is 19.2 Å². The zero-order valence-corrected chi connectivity index (χ0v) is 12.3. The third-order valence-corrected chi connectivity index (χ3v) is 2.63. The van der Waals surface area contributed by atoms with Crippen LogP contribution in [0.25, 0.3) is 0 Å². The summed E-state index contributed by atoms with van der Waals surface area (Å²) in [7, 11) is 0. The van der Waals surface area contributed by atoms with Gasteiger partial charge < -0.3 is 26.8 Å². The fourth-order valence-electron chi connectivity index (χ4n) is 1.24. The van der Waals surface area contributed by atoms with Crippen molar-refractivity contribution in [2.24, 2.45) is 11.7 Å². The van der Waals surface area contributed by atoms with Crippen LogP contribution in [0.15, 0.2) is 0 Å². The number of hydrogen-bond acceptors (Lipinski definition) is 5. The smallest absolute Gasteiger partial charge is 0.322 e. The van der Waals surface area contributed by atoms with Gasteiger partial charge >= 0.3 is 5.97 Å². The summed E-state index contributed by atoms with van der Waals surface area (Å²) in [5.74, 6) is -2.91. The summed E-state index contributed by atoms with van der Waals surface area (Å²) < 4.78 is 0. The Hall–Kier alpha value is -2.16. The van der Waals surface area contributed by atoms with Crippen molar-refractivity contribution in [3.05, 3.63) is 0 Å². The average Bonchev–Trinajstić information content (AvgIpc) is 2.40. The summed E-state index contributed by atoms with van der Waals surface area (Å²) in [6, 6.07) is -1.58. The van der Waals surface area contributed by atoms with Crippen molar-refractivity contribution < 1.29 is 24.3 Å². The van der Waals surface area contributed by atoms with Crippen LogP contribution in [0.3, 0.4) is 0 Å². The average molecular weight is 302 g/mol. The summed E-state index contributed by atoms with van der Waals surface area (Å²) in [5, 5.41) is 15.2. The zero-order valence-electron chi connectivity index (χ0n) is 12.3. The Labute approximate surface area is 122 Å². The third kappa shape index (κ3) is 7.88. The summed E-state index contributed by atoms with van der Waals surface area (Å²) in [5.41, 5.74) is 5.64. The standard InChI is InChI=1S/C12H22N4O5/c1-6(2)10(13)12(21)16-7(3)11(20)15-4-8(17)14-5-9(18)19/h6-7,10H,4-5,13H2,1-3H3,(H,14,17)(H,15,20)(H,16,21)(H,18,19). The maximum Gasteiger partial charge on any atom is 0.322 e. The van der Waals surface area contributed by atoms with Gasteiger partial charge in [0.2, 0.25) is 17.7 Å². The maximum absolute atomic E-state index is 11.7. The molecule has 0 aromatic rings. The molecular weight excluding hydrogens is 280 g/mol. The van der Waals surface area contributed by atoms with Gasteiger partial charge in [0.25, 0.3) is 0 Å². The lowest BCUT2D eigenvalue weighted by molar-refractivity contribution is -0.138. The van der Waals surface area contributed by atoms with E-state index in [0.29, 0.717) is 0 Å². The van der Waals surface area contributed by atoms with E-state index < -0.39 is 42.3 Å². The van der Waals surface area contributed by atoms with Crippen molar-refractivity contribution in [3.8, 4) is 0 Å². The second kappa shape index (κ2) is 8.90. The number of hydrogen-bond donors (Lipinski definition) is 5. The van der Waals surface area contributed by atoms with Gasteiger partial charge in [-0.15, -0.1) is 0 Å². The molecule has 0 bridgehead atoms. The van der Waals surface area contributed by atoms with Crippen LogP contribution in [0.2, 0.25) is 0 Å². The minimum Gasteiger partial charge on any atom is -0.480 e. The van der Waals surface area contributed by atoms with Gasteiger partial charge in [0.1, 0.15) is 12.6 Å². The largest absolute Gasteiger partial charge is 0.480 e. The fraction of sp³-hybridized carbons (Fsp3) is 0.667. The van der Waals surface area contributed by atoms with Crippen molar-refractivity contribution in [2.75, 3.05) is 13.1 Å². The molecule has 9 nitrogen and oxygen atoms in total. The summed E-state index contributed by atoms with van der Waals surface area (Å²) >= 11 is 0. The van der Waals surface area contributed by atoms with E-state index in [0.717, 1.165) is 0 Å². The lowest BCUT2D eigenvalue weighted by Gasteiger charge is -2.19. The molecule has 0 spiro atoms. The molecule has 3 amide bonds. The van der Waals surface area contributed by atoms with Gasteiger partial charge in [0.05, 0.1) is 12.6 Å². The molecule has 0 fully saturated rings. The molecule has 0 aliphatic heterocycles. The topological polar surface area (TPSA) is 151 Å². The highest BCUT2D eigenvalue weighted by Crippen LogP contribution is 1.98. The number of rotatable bonds is 8. The highest BCUT2D eigenvalue weighted by Gasteiger charge is 2.22. The van der Waals surface area contributed by atoms with Crippen molar-refractivity contribution >= 4 is 23.7 Å². The Bertz CT molecular complexity index is 410. The predicted octanol–water partition coefficient (Wildman–Crippen LogP) is -2.21. The zero-order chi connectivity index (χ0) is 16.6. The van der Waals surface area contributed by atoms with Crippen LogP contribution in [0.1, 0.15) is 20.8 Å². The van der Waals surface area contributed by atoms with Crippen LogP contribution >= 0.6 is 0 Å². The minimum absolute atomic E-state index is 0.0675. The highest BCUT2D eigenvalue weighted by molar-refractivity contribution is 5.92. The van der Waals surface area contributed by atoms with Crippen LogP contribution < -0.4 is 21.7 Å². The molecule has 0 aromatic heterocycles. The molecule has 21 heavy (non-hydrogen) atoms. The number of carbonyl (C=O) groups is 4. The molecular formula is C12H22N4O5. The first-order valence-corrected chi connectivity index (χ1v) is 6.47. The van der Waals surface area contributed by atoms with Gasteiger partial charge in [0.15, 0.2) is 0 Å². The Kier molecular flexibility index (Phi) is 7.99. The first-order valence-electron chi connectivity index (χ1n) is 6.47. The van der Waals surface area contributed by atoms with E-state index in [4.69, 9.17) is 10.8 Å². The van der Waals surface area contributed by atoms with Crippen molar-refractivity contribution in [2.45, 2.75) is 32.9 Å². The van der Waals surface area contributed by atoms with Crippen molar-refractivity contribution in [3.63, 3.8) is 0 Å². The number of carboxylic acid groups (broad SMARTS) is 1. The quantitative estimate of drug-likeness (QED) is 0.343. The number of carbonyl (C=O) groups excluding carboxylic acids is 3. The SMILES string of the molecule is CC(NC(=O)C(N)C(C)C)C(=O)NCC(=O)NCC(=O)O. The molecule has 0 aliphatic rings. The van der Waals surface area contributed by atoms with Crippen LogP contribution in [-0.4, -0.2) is 54.0 Å². The highest BCUT2D eigenvalue weighted by atomic mass is 16.4. The molecule has 120 valence electrons. The van der Waals surface area contributed by atoms with E-state index in [-0.39, 0.29) is 12.5 Å². The summed E-state index contributed by atoms with van der Waals surface area (Å²) in [6.45, 7) is 4.12. The van der Waals surface area contributed by atoms with Crippen LogP contribution in [0.5, 0.6) is 0 Å². The molecule has 0 saturated heterocycles. The van der Waals surface area contributed by atoms with Gasteiger partial charge in [-0.05, 0) is 12.8 Å². The Morgan fingerprint density at radius 3 is 2.05 bits per heavy atom. The molecule has 0 aromatic carbocycles. The van der Waals surface area contributed by atoms with Crippen LogP contribution in [0.4, 0.5) is 0 Å². The molecule has 0 heterocycles. The predicted molar refractivity (Wildman–Crippen MR) is 74.1 cm³/mol. The number of aliphatic carboxylic acids is 1. The molecule has 2 unspecified atom stereocenters. The lowest BCUT2D eigenvalue weighted by atomic mass is 10.0. The molecule has 0 aliphatic carbocycles. The first kappa shape index (κ1) is 18.8. The van der Waals surface area contributed by atoms with E-state index in [2.05, 4.69) is 16.0 Å². The monoisotopic (exact) mass is 302 g/mol. The molecule has 0 saturated carbocycles. The minimum atomic E-state index is -1.18. The number of carboxylic acids is 1. The summed E-state index contributed by atoms with van der Waals surface area (Å²) in [4.78, 5) is 44.7. The Morgan fingerprint density at radius 1 is 1.00 bits per heavy atom. The number of amides is 3. The molecule has 2 atom stereocenters. The second-order valence-corrected chi connectivity index (χ2v) is 4.89. The Morgan fingerprint density at radius 2 is 1.57 bits per heavy atom. The normalized spacial score (nSPS) is 13.2. The fourth-order valence-corrected chi connectivity index (χ4v) is 1.24. The molecule has 0 radical (unpaired) electrons. The van der Waals surface area contributed by atoms with Crippen LogP contribution in [0, 0.1) is 5.92 Å². The first-order chi connectivity index (χ1) is 9.65. The van der Waals surface area contributed by atoms with Gasteiger partial charge in [-0.25, -0.2) is 0 Å². The lowest BCUT2D eigenvalue weighted by Crippen LogP contribution is -2.52. The number of nitrogens with two attached hydrogens (primary N) is 1. The van der Waals surface area contributed by atoms with E-state index in [1.165, 1.54) is 6.92 Å². The van der Waals surface area contributed by atoms with Gasteiger partial charge in [-0.2, -0.15) is 0 Å². The van der Waals surface area contributed by atoms with E-state index in [9.17, 15) is 19.2 Å². The van der Waals surface area contributed by atoms with Gasteiger partial charge in [0, 0.05) is 0 Å². The second-order valence-electron chi connectivity index (χ2n) is 4.89. The summed E-state index contributed by atoms with van der Waals surface area (Å²) in [6.07, 6.45) is 0. The van der Waals surface area contributed by atoms with E-state index in [1.54, 1.807) is 13.8 Å². The number of nitrogens with one attached hydrogen (secondary N) is 3. The molecule has 9 heteroatoms. The van der Waals surface area contributed by atoms with Crippen molar-refractivity contribution in [1.29, 1.82) is 0 Å². The molecule has 6 N–H and O–H groups in total. The van der Waals surface area contributed by atoms with Gasteiger partial charge in [-0.3, -0.25) is 19.2 Å². The van der Waals surface area contributed by atoms with Gasteiger partial charge in [-0.1, -0.05) is 13.8 Å². The van der Waals surface area contributed by atoms with E-state index in [1.807, 2.05) is 0 Å². The van der Waals surface area contributed by atoms with E-state index >= 15 is 0 Å². The Balaban J connectivity index is 4.14.